The van der Waals surface area contributed by atoms with E-state index >= 15 is 0 Å². The zero-order valence-corrected chi connectivity index (χ0v) is 15.8. The van der Waals surface area contributed by atoms with Gasteiger partial charge >= 0.3 is 0 Å². The first-order valence-corrected chi connectivity index (χ1v) is 9.43. The summed E-state index contributed by atoms with van der Waals surface area (Å²) in [7, 11) is 1.91. The smallest absolute Gasteiger partial charge is 0.261 e. The number of nitrogens with zero attached hydrogens (tertiary/aromatic N) is 5. The number of aromatic nitrogens is 6. The number of benzene rings is 1. The molecule has 0 saturated heterocycles. The van der Waals surface area contributed by atoms with Crippen LogP contribution in [0.25, 0.3) is 16.7 Å². The molecule has 146 valence electrons. The molecule has 2 N–H and O–H groups in total. The van der Waals surface area contributed by atoms with Crippen molar-refractivity contribution in [2.45, 2.75) is 19.3 Å². The van der Waals surface area contributed by atoms with E-state index in [4.69, 9.17) is 0 Å². The Kier molecular flexibility index (Phi) is 4.01. The standard InChI is InChI=1S/C20H19N7O2/c1-26-17-8-12(6-7-13(17)9-23-26)19(28)25-15-4-2-3-5-16(15)27-18-14(10-24-27)20(29)22-11-21-18/h2-5,9-12H,6-8H2,1H3,(H,25,28)(H,21,22,29). The number of aryl methyl sites for hydroxylation is 2. The highest BCUT2D eigenvalue weighted by molar-refractivity contribution is 5.95. The molecule has 0 radical (unpaired) electrons. The fourth-order valence-corrected chi connectivity index (χ4v) is 3.90. The Hall–Kier alpha value is -3.75. The van der Waals surface area contributed by atoms with Crippen molar-refractivity contribution >= 4 is 22.6 Å². The first-order valence-electron chi connectivity index (χ1n) is 9.43. The highest BCUT2D eigenvalue weighted by Crippen LogP contribution is 2.28. The van der Waals surface area contributed by atoms with E-state index in [1.807, 2.05) is 42.2 Å². The first kappa shape index (κ1) is 17.4. The second-order valence-electron chi connectivity index (χ2n) is 7.21. The second-order valence-corrected chi connectivity index (χ2v) is 7.21. The third kappa shape index (κ3) is 2.91. The third-order valence-corrected chi connectivity index (χ3v) is 5.48. The summed E-state index contributed by atoms with van der Waals surface area (Å²) in [5.41, 5.74) is 3.80. The summed E-state index contributed by atoms with van der Waals surface area (Å²) in [5, 5.41) is 12.1. The van der Waals surface area contributed by atoms with Crippen LogP contribution in [-0.2, 0) is 24.7 Å². The summed E-state index contributed by atoms with van der Waals surface area (Å²) in [6, 6.07) is 7.37. The monoisotopic (exact) mass is 389 g/mol. The van der Waals surface area contributed by atoms with Gasteiger partial charge in [-0.25, -0.2) is 9.67 Å². The van der Waals surface area contributed by atoms with E-state index in [1.54, 1.807) is 4.68 Å². The van der Waals surface area contributed by atoms with Crippen molar-refractivity contribution in [3.63, 3.8) is 0 Å². The van der Waals surface area contributed by atoms with Gasteiger partial charge in [0.1, 0.15) is 5.39 Å². The lowest BCUT2D eigenvalue weighted by molar-refractivity contribution is -0.120. The quantitative estimate of drug-likeness (QED) is 0.553. The molecule has 1 aliphatic carbocycles. The van der Waals surface area contributed by atoms with E-state index in [0.29, 0.717) is 28.8 Å². The summed E-state index contributed by atoms with van der Waals surface area (Å²) in [4.78, 5) is 31.8. The molecule has 1 atom stereocenters. The van der Waals surface area contributed by atoms with Crippen LogP contribution in [0, 0.1) is 5.92 Å². The average Bonchev–Trinajstić information content (AvgIpc) is 3.33. The topological polar surface area (TPSA) is 110 Å². The Labute approximate surface area is 165 Å². The SMILES string of the molecule is Cn1ncc2c1CC(C(=O)Nc1ccccc1-n1ncc3c(=O)[nH]cnc31)CC2. The molecule has 0 aliphatic heterocycles. The van der Waals surface area contributed by atoms with Crippen LogP contribution < -0.4 is 10.9 Å². The minimum Gasteiger partial charge on any atom is -0.324 e. The number of amides is 1. The molecule has 9 nitrogen and oxygen atoms in total. The Morgan fingerprint density at radius 2 is 2.10 bits per heavy atom. The molecule has 3 aromatic heterocycles. The largest absolute Gasteiger partial charge is 0.324 e. The molecule has 1 aromatic carbocycles. The van der Waals surface area contributed by atoms with Gasteiger partial charge < -0.3 is 10.3 Å². The molecule has 9 heteroatoms. The molecule has 0 fully saturated rings. The number of anilines is 1. The van der Waals surface area contributed by atoms with E-state index in [1.165, 1.54) is 18.1 Å². The molecule has 0 spiro atoms. The summed E-state index contributed by atoms with van der Waals surface area (Å²) in [5.74, 6) is -0.159. The molecule has 0 saturated carbocycles. The van der Waals surface area contributed by atoms with Crippen molar-refractivity contribution < 1.29 is 4.79 Å². The molecule has 3 heterocycles. The van der Waals surface area contributed by atoms with Crippen LogP contribution in [0.1, 0.15) is 17.7 Å². The summed E-state index contributed by atoms with van der Waals surface area (Å²) in [6.07, 6.45) is 7.01. The zero-order valence-electron chi connectivity index (χ0n) is 15.8. The molecule has 29 heavy (non-hydrogen) atoms. The van der Waals surface area contributed by atoms with Crippen molar-refractivity contribution in [3.05, 3.63) is 64.6 Å². The fraction of sp³-hybridized carbons (Fsp3) is 0.250. The van der Waals surface area contributed by atoms with Gasteiger partial charge in [0.05, 0.1) is 30.1 Å². The van der Waals surface area contributed by atoms with Crippen molar-refractivity contribution in [2.24, 2.45) is 13.0 Å². The molecular weight excluding hydrogens is 370 g/mol. The lowest BCUT2D eigenvalue weighted by Gasteiger charge is -2.22. The van der Waals surface area contributed by atoms with Crippen LogP contribution in [0.3, 0.4) is 0 Å². The maximum absolute atomic E-state index is 13.0. The van der Waals surface area contributed by atoms with Crippen molar-refractivity contribution in [1.82, 2.24) is 29.5 Å². The molecule has 1 aliphatic rings. The predicted octanol–water partition coefficient (Wildman–Crippen LogP) is 1.59. The van der Waals surface area contributed by atoms with E-state index in [-0.39, 0.29) is 17.4 Å². The molecule has 0 bridgehead atoms. The van der Waals surface area contributed by atoms with Gasteiger partial charge in [0.2, 0.25) is 5.91 Å². The molecule has 1 unspecified atom stereocenters. The van der Waals surface area contributed by atoms with Gasteiger partial charge in [-0.2, -0.15) is 10.2 Å². The van der Waals surface area contributed by atoms with Gasteiger partial charge in [-0.3, -0.25) is 14.3 Å². The number of nitrogens with one attached hydrogen (secondary N) is 2. The predicted molar refractivity (Wildman–Crippen MR) is 107 cm³/mol. The Balaban J connectivity index is 1.46. The van der Waals surface area contributed by atoms with Crippen LogP contribution in [0.5, 0.6) is 0 Å². The number of hydrogen-bond acceptors (Lipinski definition) is 5. The zero-order chi connectivity index (χ0) is 20.0. The minimum atomic E-state index is -0.253. The molecular formula is C20H19N7O2. The molecule has 1 amide bonds. The van der Waals surface area contributed by atoms with E-state index < -0.39 is 0 Å². The minimum absolute atomic E-state index is 0.0356. The van der Waals surface area contributed by atoms with Crippen LogP contribution in [0.2, 0.25) is 0 Å². The molecule has 4 aromatic rings. The van der Waals surface area contributed by atoms with Crippen molar-refractivity contribution in [2.75, 3.05) is 5.32 Å². The van der Waals surface area contributed by atoms with Crippen LogP contribution in [-0.4, -0.2) is 35.4 Å². The van der Waals surface area contributed by atoms with Gasteiger partial charge in [0.15, 0.2) is 5.65 Å². The Bertz CT molecular complexity index is 1280. The summed E-state index contributed by atoms with van der Waals surface area (Å²) < 4.78 is 3.42. The maximum atomic E-state index is 13.0. The van der Waals surface area contributed by atoms with Gasteiger partial charge in [-0.15, -0.1) is 0 Å². The number of carbonyl (C=O) groups is 1. The lowest BCUT2D eigenvalue weighted by atomic mass is 9.87. The van der Waals surface area contributed by atoms with Crippen molar-refractivity contribution in [1.29, 1.82) is 0 Å². The van der Waals surface area contributed by atoms with Gasteiger partial charge in [0, 0.05) is 25.1 Å². The number of aromatic amines is 1. The van der Waals surface area contributed by atoms with Crippen LogP contribution in [0.4, 0.5) is 5.69 Å². The number of H-pyrrole nitrogens is 1. The highest BCUT2D eigenvalue weighted by atomic mass is 16.2. The van der Waals surface area contributed by atoms with E-state index in [0.717, 1.165) is 18.5 Å². The van der Waals surface area contributed by atoms with Gasteiger partial charge in [-0.1, -0.05) is 12.1 Å². The maximum Gasteiger partial charge on any atom is 0.261 e. The van der Waals surface area contributed by atoms with Gasteiger partial charge in [0.25, 0.3) is 5.56 Å². The number of para-hydroxylation sites is 2. The highest BCUT2D eigenvalue weighted by Gasteiger charge is 2.27. The number of hydrogen-bond donors (Lipinski definition) is 2. The number of rotatable bonds is 3. The lowest BCUT2D eigenvalue weighted by Crippen LogP contribution is -2.29. The van der Waals surface area contributed by atoms with Crippen LogP contribution >= 0.6 is 0 Å². The summed E-state index contributed by atoms with van der Waals surface area (Å²) >= 11 is 0. The molecule has 5 rings (SSSR count). The van der Waals surface area contributed by atoms with E-state index in [2.05, 4.69) is 25.5 Å². The average molecular weight is 389 g/mol. The van der Waals surface area contributed by atoms with Gasteiger partial charge in [-0.05, 0) is 30.5 Å². The Morgan fingerprint density at radius 3 is 3.00 bits per heavy atom. The third-order valence-electron chi connectivity index (χ3n) is 5.48. The second kappa shape index (κ2) is 6.69. The van der Waals surface area contributed by atoms with E-state index in [9.17, 15) is 9.59 Å². The first-order chi connectivity index (χ1) is 14.1. The Morgan fingerprint density at radius 1 is 1.24 bits per heavy atom. The van der Waals surface area contributed by atoms with Crippen molar-refractivity contribution in [3.8, 4) is 5.69 Å². The summed E-state index contributed by atoms with van der Waals surface area (Å²) in [6.45, 7) is 0. The normalized spacial score (nSPS) is 16.0. The fourth-order valence-electron chi connectivity index (χ4n) is 3.90. The van der Waals surface area contributed by atoms with Crippen LogP contribution in [0.15, 0.2) is 47.8 Å². The number of carbonyl (C=O) groups excluding carboxylic acids is 1. The number of fused-ring (bicyclic) bond motifs is 2.